The van der Waals surface area contributed by atoms with Gasteiger partial charge in [-0.05, 0) is 6.08 Å². The molecule has 0 aliphatic rings. The minimum atomic E-state index is 1.44. The maximum Gasteiger partial charge on any atom is 0.188 e. The van der Waals surface area contributed by atoms with Crippen molar-refractivity contribution in [3.05, 3.63) is 12.7 Å². The SMILES string of the molecule is [B]C#CC=C. The highest BCUT2D eigenvalue weighted by Crippen LogP contribution is 1.46. The Morgan fingerprint density at radius 1 is 1.80 bits per heavy atom. The first-order chi connectivity index (χ1) is 2.41. The third kappa shape index (κ3) is 3.36. The first kappa shape index (κ1) is 4.36. The first-order valence-electron chi connectivity index (χ1n) is 1.24. The topological polar surface area (TPSA) is 0 Å². The Morgan fingerprint density at radius 2 is 2.40 bits per heavy atom. The summed E-state index contributed by atoms with van der Waals surface area (Å²) in [6, 6.07) is 0. The normalized spacial score (nSPS) is 4.00. The van der Waals surface area contributed by atoms with E-state index in [4.69, 9.17) is 7.85 Å². The van der Waals surface area contributed by atoms with Crippen LogP contribution >= 0.6 is 0 Å². The molecule has 1 heteroatoms. The number of hydrogen-bond donors (Lipinski definition) is 0. The van der Waals surface area contributed by atoms with Crippen LogP contribution in [0.25, 0.3) is 0 Å². The van der Waals surface area contributed by atoms with Gasteiger partial charge in [0.05, 0.1) is 0 Å². The Morgan fingerprint density at radius 3 is 2.40 bits per heavy atom. The molecule has 0 N–H and O–H groups in total. The summed E-state index contributed by atoms with van der Waals surface area (Å²) in [4.78, 5) is 0. The highest BCUT2D eigenvalue weighted by atomic mass is 13.4. The van der Waals surface area contributed by atoms with Crippen molar-refractivity contribution in [1.82, 2.24) is 0 Å². The zero-order valence-corrected chi connectivity index (χ0v) is 2.86. The predicted octanol–water partition coefficient (Wildman–Crippen LogP) is 0.302. The summed E-state index contributed by atoms with van der Waals surface area (Å²) in [6.45, 7) is 3.30. The smallest absolute Gasteiger partial charge is 0.168 e. The molecule has 0 saturated carbocycles. The van der Waals surface area contributed by atoms with Crippen molar-refractivity contribution in [2.45, 2.75) is 0 Å². The molecular formula is C4H3B. The van der Waals surface area contributed by atoms with Gasteiger partial charge in [0.1, 0.15) is 0 Å². The Kier molecular flexibility index (Phi) is 2.94. The molecule has 0 aromatic heterocycles. The van der Waals surface area contributed by atoms with E-state index in [1.54, 1.807) is 0 Å². The molecule has 5 heavy (non-hydrogen) atoms. The van der Waals surface area contributed by atoms with Gasteiger partial charge in [-0.1, -0.05) is 12.5 Å². The van der Waals surface area contributed by atoms with Gasteiger partial charge in [-0.3, -0.25) is 0 Å². The minimum absolute atomic E-state index is 1.44. The van der Waals surface area contributed by atoms with Gasteiger partial charge in [0, 0.05) is 0 Å². The lowest BCUT2D eigenvalue weighted by molar-refractivity contribution is 2.32. The van der Waals surface area contributed by atoms with Crippen LogP contribution in [0.3, 0.4) is 0 Å². The number of hydrogen-bond acceptors (Lipinski definition) is 0. The first-order valence-corrected chi connectivity index (χ1v) is 1.24. The molecule has 0 nitrogen and oxygen atoms in total. The van der Waals surface area contributed by atoms with Crippen molar-refractivity contribution < 1.29 is 0 Å². The minimum Gasteiger partial charge on any atom is -0.168 e. The molecule has 0 aliphatic carbocycles. The molecule has 0 atom stereocenters. The predicted molar refractivity (Wildman–Crippen MR) is 23.7 cm³/mol. The van der Waals surface area contributed by atoms with E-state index < -0.39 is 0 Å². The van der Waals surface area contributed by atoms with Crippen LogP contribution in [0.1, 0.15) is 0 Å². The van der Waals surface area contributed by atoms with Crippen LogP contribution in [0, 0.1) is 11.7 Å². The second-order valence-electron chi connectivity index (χ2n) is 0.493. The average molecular weight is 61.9 g/mol. The third-order valence-corrected chi connectivity index (χ3v) is 0.185. The molecule has 0 spiro atoms. The molecule has 0 amide bonds. The van der Waals surface area contributed by atoms with Crippen molar-refractivity contribution in [1.29, 1.82) is 0 Å². The second kappa shape index (κ2) is 3.36. The van der Waals surface area contributed by atoms with E-state index in [2.05, 4.69) is 18.3 Å². The average Bonchev–Trinajstić information content (AvgIpc) is 1.41. The van der Waals surface area contributed by atoms with Crippen LogP contribution in [0.4, 0.5) is 0 Å². The lowest BCUT2D eigenvalue weighted by Crippen LogP contribution is -1.44. The molecule has 0 aromatic carbocycles. The van der Waals surface area contributed by atoms with E-state index in [1.807, 2.05) is 0 Å². The molecular weight excluding hydrogens is 58.9 g/mol. The van der Waals surface area contributed by atoms with E-state index in [0.717, 1.165) is 0 Å². The largest absolute Gasteiger partial charge is 0.188 e. The van der Waals surface area contributed by atoms with Gasteiger partial charge in [0.15, 0.2) is 7.85 Å². The zero-order chi connectivity index (χ0) is 4.12. The van der Waals surface area contributed by atoms with E-state index in [9.17, 15) is 0 Å². The summed E-state index contributed by atoms with van der Waals surface area (Å²) in [6.07, 6.45) is 1.44. The molecule has 0 fully saturated rings. The molecule has 0 rings (SSSR count). The highest BCUT2D eigenvalue weighted by Gasteiger charge is 1.37. The van der Waals surface area contributed by atoms with Crippen LogP contribution < -0.4 is 0 Å². The fourth-order valence-corrected chi connectivity index (χ4v) is 0.0589. The van der Waals surface area contributed by atoms with Crippen LogP contribution in [-0.2, 0) is 0 Å². The summed E-state index contributed by atoms with van der Waals surface area (Å²) < 4.78 is 0. The summed E-state index contributed by atoms with van der Waals surface area (Å²) in [5.41, 5.74) is 0. The maximum atomic E-state index is 4.71. The van der Waals surface area contributed by atoms with Crippen LogP contribution in [0.15, 0.2) is 12.7 Å². The van der Waals surface area contributed by atoms with Gasteiger partial charge in [0.2, 0.25) is 0 Å². The fraction of sp³-hybridized carbons (Fsp3) is 0. The third-order valence-electron chi connectivity index (χ3n) is 0.185. The lowest BCUT2D eigenvalue weighted by Gasteiger charge is -1.47. The summed E-state index contributed by atoms with van der Waals surface area (Å²) in [5, 5.41) is 0. The number of allylic oxidation sites excluding steroid dienone is 1. The monoisotopic (exact) mass is 62.0 g/mol. The van der Waals surface area contributed by atoms with Gasteiger partial charge in [-0.2, -0.15) is 5.82 Å². The molecule has 0 aliphatic heterocycles. The Hall–Kier alpha value is -0.635. The Balaban J connectivity index is 3.16. The van der Waals surface area contributed by atoms with Crippen molar-refractivity contribution in [3.8, 4) is 11.7 Å². The number of rotatable bonds is 0. The molecule has 0 bridgehead atoms. The van der Waals surface area contributed by atoms with E-state index in [0.29, 0.717) is 0 Å². The van der Waals surface area contributed by atoms with E-state index in [-0.39, 0.29) is 0 Å². The van der Waals surface area contributed by atoms with Crippen molar-refractivity contribution in [3.63, 3.8) is 0 Å². The van der Waals surface area contributed by atoms with Crippen LogP contribution in [0.5, 0.6) is 0 Å². The van der Waals surface area contributed by atoms with Gasteiger partial charge in [-0.15, -0.1) is 0 Å². The maximum absolute atomic E-state index is 4.71. The van der Waals surface area contributed by atoms with E-state index in [1.165, 1.54) is 6.08 Å². The molecule has 0 aromatic rings. The quantitative estimate of drug-likeness (QED) is 0.279. The van der Waals surface area contributed by atoms with Crippen LogP contribution in [-0.4, -0.2) is 7.85 Å². The lowest BCUT2D eigenvalue weighted by atomic mass is 10.2. The summed E-state index contributed by atoms with van der Waals surface area (Å²) in [7, 11) is 4.71. The molecule has 0 heterocycles. The summed E-state index contributed by atoms with van der Waals surface area (Å²) in [5.74, 6) is 4.55. The van der Waals surface area contributed by atoms with Gasteiger partial charge < -0.3 is 0 Å². The van der Waals surface area contributed by atoms with Crippen molar-refractivity contribution in [2.24, 2.45) is 0 Å². The van der Waals surface area contributed by atoms with Gasteiger partial charge >= 0.3 is 0 Å². The Bertz CT molecular complexity index is 73.4. The summed E-state index contributed by atoms with van der Waals surface area (Å²) >= 11 is 0. The van der Waals surface area contributed by atoms with Crippen molar-refractivity contribution in [2.75, 3.05) is 0 Å². The molecule has 22 valence electrons. The van der Waals surface area contributed by atoms with Crippen molar-refractivity contribution >= 4 is 7.85 Å². The molecule has 0 unspecified atom stereocenters. The van der Waals surface area contributed by atoms with Gasteiger partial charge in [-0.25, -0.2) is 0 Å². The zero-order valence-electron chi connectivity index (χ0n) is 2.86. The van der Waals surface area contributed by atoms with Gasteiger partial charge in [0.25, 0.3) is 0 Å². The highest BCUT2D eigenvalue weighted by molar-refractivity contribution is 6.22. The second-order valence-corrected chi connectivity index (χ2v) is 0.493. The molecule has 2 radical (unpaired) electrons. The fourth-order valence-electron chi connectivity index (χ4n) is 0.0589. The van der Waals surface area contributed by atoms with E-state index >= 15 is 0 Å². The molecule has 0 saturated heterocycles. The Labute approximate surface area is 33.3 Å². The standard InChI is InChI=1S/C4H3B/c1-2-3-4-5/h2H,1H2. The van der Waals surface area contributed by atoms with Crippen LogP contribution in [0.2, 0.25) is 0 Å².